The lowest BCUT2D eigenvalue weighted by Gasteiger charge is -2.01. The summed E-state index contributed by atoms with van der Waals surface area (Å²) in [5.74, 6) is 1.54. The molecule has 0 radical (unpaired) electrons. The smallest absolute Gasteiger partial charge is 0.167 e. The van der Waals surface area contributed by atoms with E-state index in [4.69, 9.17) is 0 Å². The fourth-order valence-electron chi connectivity index (χ4n) is 2.37. The van der Waals surface area contributed by atoms with Gasteiger partial charge in [0, 0.05) is 19.8 Å². The van der Waals surface area contributed by atoms with Gasteiger partial charge in [-0.1, -0.05) is 6.92 Å². The zero-order valence-electron chi connectivity index (χ0n) is 12.8. The molecular weight excluding hydrogens is 266 g/mol. The molecule has 3 aromatic heterocycles. The van der Waals surface area contributed by atoms with E-state index in [1.165, 1.54) is 0 Å². The van der Waals surface area contributed by atoms with Crippen molar-refractivity contribution in [2.75, 3.05) is 0 Å². The van der Waals surface area contributed by atoms with Gasteiger partial charge in [-0.3, -0.25) is 9.36 Å². The highest BCUT2D eigenvalue weighted by Gasteiger charge is 2.17. The van der Waals surface area contributed by atoms with Crippen molar-refractivity contribution in [1.29, 1.82) is 0 Å². The van der Waals surface area contributed by atoms with Crippen LogP contribution in [0.1, 0.15) is 24.9 Å². The lowest BCUT2D eigenvalue weighted by molar-refractivity contribution is 0.598. The highest BCUT2D eigenvalue weighted by atomic mass is 15.4. The third kappa shape index (κ3) is 2.46. The van der Waals surface area contributed by atoms with E-state index in [0.717, 1.165) is 41.6 Å². The standard InChI is InChI=1S/C14H19N7/c1-5-6-20-9-13(10(2)17-20)14-16-11(3)18-21(14)12-7-15-19(4)8-12/h7-9H,5-6H2,1-4H3. The van der Waals surface area contributed by atoms with Gasteiger partial charge in [-0.25, -0.2) is 9.67 Å². The number of nitrogens with zero attached hydrogens (tertiary/aromatic N) is 7. The minimum absolute atomic E-state index is 0.733. The molecule has 0 N–H and O–H groups in total. The van der Waals surface area contributed by atoms with Crippen molar-refractivity contribution in [2.45, 2.75) is 33.7 Å². The lowest BCUT2D eigenvalue weighted by Crippen LogP contribution is -1.99. The van der Waals surface area contributed by atoms with Crippen LogP contribution in [0.4, 0.5) is 0 Å². The van der Waals surface area contributed by atoms with Crippen LogP contribution in [0.5, 0.6) is 0 Å². The average molecular weight is 285 g/mol. The molecule has 0 unspecified atom stereocenters. The predicted molar refractivity (Wildman–Crippen MR) is 79.1 cm³/mol. The predicted octanol–water partition coefficient (Wildman–Crippen LogP) is 1.89. The second-order valence-electron chi connectivity index (χ2n) is 5.16. The Kier molecular flexibility index (Phi) is 3.32. The van der Waals surface area contributed by atoms with Gasteiger partial charge in [-0.05, 0) is 20.3 Å². The summed E-state index contributed by atoms with van der Waals surface area (Å²) < 4.78 is 5.54. The molecule has 0 aliphatic heterocycles. The fourth-order valence-corrected chi connectivity index (χ4v) is 2.37. The molecule has 110 valence electrons. The molecule has 3 rings (SSSR count). The number of aromatic nitrogens is 7. The first-order valence-corrected chi connectivity index (χ1v) is 7.05. The fraction of sp³-hybridized carbons (Fsp3) is 0.429. The van der Waals surface area contributed by atoms with Crippen LogP contribution in [0.15, 0.2) is 18.6 Å². The maximum Gasteiger partial charge on any atom is 0.167 e. The van der Waals surface area contributed by atoms with Crippen molar-refractivity contribution in [3.8, 4) is 17.1 Å². The van der Waals surface area contributed by atoms with Crippen molar-refractivity contribution in [1.82, 2.24) is 34.3 Å². The van der Waals surface area contributed by atoms with Gasteiger partial charge in [-0.2, -0.15) is 15.3 Å². The Morgan fingerprint density at radius 2 is 1.95 bits per heavy atom. The number of rotatable bonds is 4. The molecule has 0 spiro atoms. The molecule has 21 heavy (non-hydrogen) atoms. The van der Waals surface area contributed by atoms with Crippen molar-refractivity contribution in [3.63, 3.8) is 0 Å². The maximum atomic E-state index is 4.56. The van der Waals surface area contributed by atoms with Gasteiger partial charge in [-0.15, -0.1) is 0 Å². The van der Waals surface area contributed by atoms with E-state index < -0.39 is 0 Å². The SMILES string of the molecule is CCCn1cc(-c2nc(C)nn2-c2cnn(C)c2)c(C)n1. The van der Waals surface area contributed by atoms with Crippen LogP contribution in [-0.2, 0) is 13.6 Å². The normalized spacial score (nSPS) is 11.2. The molecule has 0 fully saturated rings. The Bertz CT molecular complexity index is 762. The molecule has 0 aliphatic rings. The molecule has 3 aromatic rings. The minimum Gasteiger partial charge on any atom is -0.274 e. The molecule has 0 aromatic carbocycles. The summed E-state index contributed by atoms with van der Waals surface area (Å²) in [5, 5.41) is 13.2. The van der Waals surface area contributed by atoms with E-state index in [9.17, 15) is 0 Å². The number of hydrogen-bond donors (Lipinski definition) is 0. The lowest BCUT2D eigenvalue weighted by atomic mass is 10.2. The van der Waals surface area contributed by atoms with Gasteiger partial charge in [0.2, 0.25) is 0 Å². The highest BCUT2D eigenvalue weighted by molar-refractivity contribution is 5.59. The molecule has 7 nitrogen and oxygen atoms in total. The summed E-state index contributed by atoms with van der Waals surface area (Å²) in [6, 6.07) is 0. The molecule has 0 amide bonds. The van der Waals surface area contributed by atoms with Crippen LogP contribution in [0.25, 0.3) is 17.1 Å². The van der Waals surface area contributed by atoms with Crippen LogP contribution in [0, 0.1) is 13.8 Å². The molecule has 0 bridgehead atoms. The maximum absolute atomic E-state index is 4.56. The Balaban J connectivity index is 2.10. The second-order valence-corrected chi connectivity index (χ2v) is 5.16. The minimum atomic E-state index is 0.733. The van der Waals surface area contributed by atoms with Crippen LogP contribution < -0.4 is 0 Å². The monoisotopic (exact) mass is 285 g/mol. The van der Waals surface area contributed by atoms with Crippen LogP contribution in [-0.4, -0.2) is 34.3 Å². The Morgan fingerprint density at radius 3 is 2.62 bits per heavy atom. The van der Waals surface area contributed by atoms with Crippen LogP contribution in [0.3, 0.4) is 0 Å². The summed E-state index contributed by atoms with van der Waals surface area (Å²) >= 11 is 0. The van der Waals surface area contributed by atoms with Crippen molar-refractivity contribution in [2.24, 2.45) is 7.05 Å². The molecular formula is C14H19N7. The number of aryl methyl sites for hydroxylation is 4. The van der Waals surface area contributed by atoms with Gasteiger partial charge < -0.3 is 0 Å². The summed E-state index contributed by atoms with van der Waals surface area (Å²) in [4.78, 5) is 4.56. The molecule has 0 saturated heterocycles. The summed E-state index contributed by atoms with van der Waals surface area (Å²) in [6.07, 6.45) is 6.79. The van der Waals surface area contributed by atoms with Gasteiger partial charge >= 0.3 is 0 Å². The largest absolute Gasteiger partial charge is 0.274 e. The van der Waals surface area contributed by atoms with Crippen molar-refractivity contribution < 1.29 is 0 Å². The topological polar surface area (TPSA) is 66.3 Å². The third-order valence-corrected chi connectivity index (χ3v) is 3.29. The Hall–Kier alpha value is -2.44. The third-order valence-electron chi connectivity index (χ3n) is 3.29. The van der Waals surface area contributed by atoms with Crippen LogP contribution >= 0.6 is 0 Å². The van der Waals surface area contributed by atoms with E-state index >= 15 is 0 Å². The zero-order chi connectivity index (χ0) is 15.0. The summed E-state index contributed by atoms with van der Waals surface area (Å²) in [5.41, 5.74) is 2.87. The van der Waals surface area contributed by atoms with E-state index in [1.807, 2.05) is 42.7 Å². The van der Waals surface area contributed by atoms with E-state index in [-0.39, 0.29) is 0 Å². The average Bonchev–Trinajstić information content (AvgIpc) is 3.09. The van der Waals surface area contributed by atoms with Gasteiger partial charge in [0.1, 0.15) is 11.5 Å². The quantitative estimate of drug-likeness (QED) is 0.734. The van der Waals surface area contributed by atoms with Crippen LogP contribution in [0.2, 0.25) is 0 Å². The highest BCUT2D eigenvalue weighted by Crippen LogP contribution is 2.23. The molecule has 3 heterocycles. The second kappa shape index (κ2) is 5.16. The van der Waals surface area contributed by atoms with Crippen molar-refractivity contribution >= 4 is 0 Å². The van der Waals surface area contributed by atoms with E-state index in [2.05, 4.69) is 27.2 Å². The molecule has 0 saturated carbocycles. The summed E-state index contributed by atoms with van der Waals surface area (Å²) in [7, 11) is 1.89. The molecule has 0 aliphatic carbocycles. The molecule has 0 atom stereocenters. The molecule has 7 heteroatoms. The van der Waals surface area contributed by atoms with E-state index in [1.54, 1.807) is 10.9 Å². The zero-order valence-corrected chi connectivity index (χ0v) is 12.8. The first kappa shape index (κ1) is 13.5. The Morgan fingerprint density at radius 1 is 1.14 bits per heavy atom. The summed E-state index contributed by atoms with van der Waals surface area (Å²) in [6.45, 7) is 6.93. The van der Waals surface area contributed by atoms with Crippen molar-refractivity contribution in [3.05, 3.63) is 30.1 Å². The number of hydrogen-bond acceptors (Lipinski definition) is 4. The first-order valence-electron chi connectivity index (χ1n) is 7.05. The first-order chi connectivity index (χ1) is 10.1. The van der Waals surface area contributed by atoms with E-state index in [0.29, 0.717) is 0 Å². The Labute approximate surface area is 123 Å². The van der Waals surface area contributed by atoms with Gasteiger partial charge in [0.05, 0.1) is 23.7 Å². The van der Waals surface area contributed by atoms with Gasteiger partial charge in [0.15, 0.2) is 5.82 Å². The van der Waals surface area contributed by atoms with Gasteiger partial charge in [0.25, 0.3) is 0 Å².